The van der Waals surface area contributed by atoms with Gasteiger partial charge in [0, 0.05) is 29.2 Å². The Hall–Kier alpha value is -3.84. The lowest BCUT2D eigenvalue weighted by atomic mass is 10.0. The Morgan fingerprint density at radius 2 is 2.00 bits per heavy atom. The zero-order valence-corrected chi connectivity index (χ0v) is 20.8. The molecule has 2 aromatic heterocycles. The molecular weight excluding hydrogens is 515 g/mol. The maximum Gasteiger partial charge on any atom is 0.245 e. The highest BCUT2D eigenvalue weighted by atomic mass is 35.5. The number of hydrogen-bond acceptors (Lipinski definition) is 6. The summed E-state index contributed by atoms with van der Waals surface area (Å²) >= 11 is 6.60. The Bertz CT molecular complexity index is 1600. The molecule has 2 aromatic carbocycles. The number of nitrogens with zero attached hydrogens (tertiary/aromatic N) is 5. The second-order valence-electron chi connectivity index (χ2n) is 9.85. The molecule has 0 amide bonds. The number of aromatic nitrogens is 4. The van der Waals surface area contributed by atoms with Gasteiger partial charge < -0.3 is 10.6 Å². The summed E-state index contributed by atoms with van der Waals surface area (Å²) < 4.78 is 52.1. The van der Waals surface area contributed by atoms with Crippen LogP contribution in [0.5, 0.6) is 0 Å². The lowest BCUT2D eigenvalue weighted by Gasteiger charge is -2.21. The van der Waals surface area contributed by atoms with E-state index in [2.05, 4.69) is 32.0 Å². The van der Waals surface area contributed by atoms with Gasteiger partial charge in [-0.3, -0.25) is 4.98 Å². The van der Waals surface area contributed by atoms with E-state index in [1.54, 1.807) is 23.0 Å². The Kier molecular flexibility index (Phi) is 5.81. The lowest BCUT2D eigenvalue weighted by Crippen LogP contribution is -2.23. The van der Waals surface area contributed by atoms with Crippen molar-refractivity contribution >= 4 is 33.9 Å². The molecule has 6 rings (SSSR count). The van der Waals surface area contributed by atoms with E-state index in [4.69, 9.17) is 11.6 Å². The van der Waals surface area contributed by atoms with Crippen molar-refractivity contribution in [3.63, 3.8) is 0 Å². The summed E-state index contributed by atoms with van der Waals surface area (Å²) in [6.45, 7) is -0.00400. The highest BCUT2D eigenvalue weighted by Gasteiger charge is 2.50. The number of hydrogen-bond donors (Lipinski definition) is 2. The second-order valence-corrected chi connectivity index (χ2v) is 10.3. The Labute approximate surface area is 223 Å². The van der Waals surface area contributed by atoms with Crippen molar-refractivity contribution in [3.8, 4) is 6.07 Å². The monoisotopic (exact) mass is 538 g/mol. The van der Waals surface area contributed by atoms with E-state index in [1.807, 2.05) is 0 Å². The molecule has 1 atom stereocenters. The smallest absolute Gasteiger partial charge is 0.245 e. The third-order valence-corrected chi connectivity index (χ3v) is 7.40. The fourth-order valence-electron chi connectivity index (χ4n) is 4.46. The fraction of sp³-hybridized carbons (Fsp3) is 0.333. The predicted molar refractivity (Wildman–Crippen MR) is 138 cm³/mol. The zero-order chi connectivity index (χ0) is 27.4. The number of halogens is 4. The number of rotatable bonds is 9. The minimum absolute atomic E-state index is 0.00400. The average molecular weight is 539 g/mol. The van der Waals surface area contributed by atoms with Gasteiger partial charge in [-0.05, 0) is 55.5 Å². The summed E-state index contributed by atoms with van der Waals surface area (Å²) in [5.41, 5.74) is 0.894. The average Bonchev–Trinajstić information content (AvgIpc) is 3.86. The largest absolute Gasteiger partial charge is 0.383 e. The first-order valence-corrected chi connectivity index (χ1v) is 12.6. The van der Waals surface area contributed by atoms with Crippen LogP contribution in [0.2, 0.25) is 5.02 Å². The van der Waals surface area contributed by atoms with Crippen LogP contribution in [0.3, 0.4) is 0 Å². The van der Waals surface area contributed by atoms with Gasteiger partial charge in [0.1, 0.15) is 17.6 Å². The van der Waals surface area contributed by atoms with Crippen LogP contribution in [0.25, 0.3) is 10.9 Å². The highest BCUT2D eigenvalue weighted by Crippen LogP contribution is 2.51. The fourth-order valence-corrected chi connectivity index (χ4v) is 4.73. The number of anilines is 2. The van der Waals surface area contributed by atoms with Gasteiger partial charge in [-0.15, -0.1) is 5.10 Å². The van der Waals surface area contributed by atoms with Crippen molar-refractivity contribution in [1.29, 1.82) is 5.26 Å². The summed E-state index contributed by atoms with van der Waals surface area (Å²) in [6.07, 6.45) is 3.34. The predicted octanol–water partition coefficient (Wildman–Crippen LogP) is 6.48. The molecule has 0 aliphatic heterocycles. The van der Waals surface area contributed by atoms with Gasteiger partial charge in [-0.2, -0.15) is 5.26 Å². The first-order chi connectivity index (χ1) is 18.7. The molecule has 7 nitrogen and oxygen atoms in total. The van der Waals surface area contributed by atoms with E-state index in [0.717, 1.165) is 12.8 Å². The molecule has 0 unspecified atom stereocenters. The molecule has 2 fully saturated rings. The van der Waals surface area contributed by atoms with Crippen LogP contribution in [0.4, 0.5) is 24.5 Å². The topological polar surface area (TPSA) is 91.5 Å². The molecule has 2 saturated carbocycles. The van der Waals surface area contributed by atoms with Crippen molar-refractivity contribution in [2.75, 3.05) is 17.2 Å². The van der Waals surface area contributed by atoms with Gasteiger partial charge in [0.25, 0.3) is 0 Å². The van der Waals surface area contributed by atoms with Gasteiger partial charge in [0.15, 0.2) is 0 Å². The Balaban J connectivity index is 1.43. The van der Waals surface area contributed by atoms with Crippen LogP contribution >= 0.6 is 11.6 Å². The van der Waals surface area contributed by atoms with Crippen molar-refractivity contribution in [3.05, 3.63) is 76.5 Å². The number of nitriles is 1. The quantitative estimate of drug-likeness (QED) is 0.253. The number of benzene rings is 2. The van der Waals surface area contributed by atoms with E-state index in [-0.39, 0.29) is 23.2 Å². The van der Waals surface area contributed by atoms with E-state index >= 15 is 0 Å². The van der Waals surface area contributed by atoms with E-state index in [9.17, 15) is 19.8 Å². The molecule has 2 aliphatic carbocycles. The number of nitrogens with one attached hydrogen (secondary N) is 2. The lowest BCUT2D eigenvalue weighted by molar-refractivity contribution is 0.0688. The number of alkyl halides is 2. The SMILES string of the molecule is [2H][C@](Nc1cc(Cl)c2ncc(C#N)c(NCC3(C(F)F)CC3)c2c1)(c1ccc(F)cc1)c1cn(C2CC2)nn1. The molecule has 2 N–H and O–H groups in total. The summed E-state index contributed by atoms with van der Waals surface area (Å²) in [6, 6.07) is 9.40. The van der Waals surface area contributed by atoms with Crippen molar-refractivity contribution in [1.82, 2.24) is 20.0 Å². The van der Waals surface area contributed by atoms with E-state index < -0.39 is 23.7 Å². The summed E-state index contributed by atoms with van der Waals surface area (Å²) in [5, 5.41) is 25.1. The van der Waals surface area contributed by atoms with Gasteiger partial charge in [0.05, 0.1) is 41.4 Å². The van der Waals surface area contributed by atoms with Crippen LogP contribution in [0.15, 0.2) is 48.8 Å². The molecule has 0 radical (unpaired) electrons. The Morgan fingerprint density at radius 1 is 1.24 bits per heavy atom. The van der Waals surface area contributed by atoms with Crippen LogP contribution in [-0.4, -0.2) is 32.9 Å². The normalized spacial score (nSPS) is 18.1. The Morgan fingerprint density at radius 3 is 2.66 bits per heavy atom. The number of fused-ring (bicyclic) bond motifs is 1. The first-order valence-electron chi connectivity index (χ1n) is 12.7. The third kappa shape index (κ3) is 4.63. The molecule has 0 saturated heterocycles. The van der Waals surface area contributed by atoms with Crippen LogP contribution in [0, 0.1) is 22.6 Å². The van der Waals surface area contributed by atoms with Crippen LogP contribution < -0.4 is 10.6 Å². The van der Waals surface area contributed by atoms with Crippen molar-refractivity contribution < 1.29 is 14.5 Å². The number of pyridine rings is 1. The molecule has 2 aliphatic rings. The molecule has 4 aromatic rings. The van der Waals surface area contributed by atoms with E-state index in [0.29, 0.717) is 46.4 Å². The molecule has 0 spiro atoms. The molecule has 11 heteroatoms. The molecule has 2 heterocycles. The molecule has 194 valence electrons. The van der Waals surface area contributed by atoms with E-state index in [1.165, 1.54) is 30.5 Å². The minimum Gasteiger partial charge on any atom is -0.383 e. The van der Waals surface area contributed by atoms with Gasteiger partial charge in [0.2, 0.25) is 6.43 Å². The maximum absolute atomic E-state index is 13.8. The van der Waals surface area contributed by atoms with Crippen LogP contribution in [0.1, 0.15) is 55.9 Å². The van der Waals surface area contributed by atoms with Crippen LogP contribution in [-0.2, 0) is 0 Å². The van der Waals surface area contributed by atoms with Crippen molar-refractivity contribution in [2.24, 2.45) is 5.41 Å². The summed E-state index contributed by atoms with van der Waals surface area (Å²) in [4.78, 5) is 4.32. The van der Waals surface area contributed by atoms with Gasteiger partial charge >= 0.3 is 0 Å². The minimum atomic E-state index is -2.48. The second kappa shape index (κ2) is 9.48. The van der Waals surface area contributed by atoms with Crippen molar-refractivity contribution in [2.45, 2.75) is 44.2 Å². The first kappa shape index (κ1) is 23.3. The van der Waals surface area contributed by atoms with Gasteiger partial charge in [-0.1, -0.05) is 28.9 Å². The zero-order valence-electron chi connectivity index (χ0n) is 21.1. The highest BCUT2D eigenvalue weighted by molar-refractivity contribution is 6.35. The summed E-state index contributed by atoms with van der Waals surface area (Å²) in [7, 11) is 0. The molecule has 38 heavy (non-hydrogen) atoms. The summed E-state index contributed by atoms with van der Waals surface area (Å²) in [5.74, 6) is -0.445. The molecular formula is C27H23ClF3N7. The molecule has 0 bridgehead atoms. The third-order valence-electron chi connectivity index (χ3n) is 7.11. The standard InChI is InChI=1S/C27H23ClF3N7/c28-21-10-18(9-20-23(16(11-32)12-33-25(20)21)34-14-27(7-8-27)26(30)31)35-24(15-1-3-17(29)4-2-15)22-13-38(37-36-22)19-5-6-19/h1-4,9-10,12-13,19,24,26,35H,5-8,14H2,(H,33,34)/t24-/m0/s1/i24D. The maximum atomic E-state index is 13.8. The van der Waals surface area contributed by atoms with Gasteiger partial charge in [-0.25, -0.2) is 17.9 Å².